The van der Waals surface area contributed by atoms with Gasteiger partial charge in [0, 0.05) is 5.56 Å². The van der Waals surface area contributed by atoms with Crippen molar-refractivity contribution in [3.63, 3.8) is 0 Å². The van der Waals surface area contributed by atoms with Crippen LogP contribution in [0, 0.1) is 11.8 Å². The van der Waals surface area contributed by atoms with Crippen LogP contribution in [-0.4, -0.2) is 16.1 Å². The molecule has 1 aliphatic carbocycles. The van der Waals surface area contributed by atoms with Crippen LogP contribution in [0.4, 0.5) is 0 Å². The SMILES string of the molecule is O=C(O)[C@@H]1C[C@@H]1/C=C/c1ccc(-c2nc3ccccc3o2)cc1. The average molecular weight is 305 g/mol. The molecule has 2 atom stereocenters. The molecule has 114 valence electrons. The Morgan fingerprint density at radius 3 is 2.65 bits per heavy atom. The van der Waals surface area contributed by atoms with Crippen LogP contribution in [-0.2, 0) is 4.79 Å². The van der Waals surface area contributed by atoms with Crippen LogP contribution >= 0.6 is 0 Å². The zero-order valence-corrected chi connectivity index (χ0v) is 12.3. The predicted molar refractivity (Wildman–Crippen MR) is 87.7 cm³/mol. The summed E-state index contributed by atoms with van der Waals surface area (Å²) in [5.74, 6) is -0.129. The first kappa shape index (κ1) is 13.8. The maximum atomic E-state index is 10.8. The summed E-state index contributed by atoms with van der Waals surface area (Å²) < 4.78 is 5.75. The number of aliphatic carboxylic acids is 1. The Kier molecular flexibility index (Phi) is 3.23. The highest BCUT2D eigenvalue weighted by molar-refractivity contribution is 5.76. The molecule has 3 aromatic rings. The third kappa shape index (κ3) is 2.75. The maximum absolute atomic E-state index is 10.8. The Morgan fingerprint density at radius 2 is 1.96 bits per heavy atom. The molecule has 2 aromatic carbocycles. The first-order valence-electron chi connectivity index (χ1n) is 7.58. The van der Waals surface area contributed by atoms with E-state index < -0.39 is 5.97 Å². The number of nitrogens with zero attached hydrogens (tertiary/aromatic N) is 1. The highest BCUT2D eigenvalue weighted by atomic mass is 16.4. The van der Waals surface area contributed by atoms with Gasteiger partial charge in [-0.1, -0.05) is 36.4 Å². The number of benzene rings is 2. The van der Waals surface area contributed by atoms with Gasteiger partial charge < -0.3 is 9.52 Å². The molecule has 0 bridgehead atoms. The van der Waals surface area contributed by atoms with Crippen LogP contribution in [0.2, 0.25) is 0 Å². The van der Waals surface area contributed by atoms with E-state index in [1.165, 1.54) is 0 Å². The molecule has 1 N–H and O–H groups in total. The van der Waals surface area contributed by atoms with Crippen molar-refractivity contribution in [2.24, 2.45) is 11.8 Å². The zero-order chi connectivity index (χ0) is 15.8. The van der Waals surface area contributed by atoms with Crippen molar-refractivity contribution in [3.8, 4) is 11.5 Å². The molecule has 0 spiro atoms. The van der Waals surface area contributed by atoms with Gasteiger partial charge in [0.05, 0.1) is 5.92 Å². The Morgan fingerprint density at radius 1 is 1.17 bits per heavy atom. The van der Waals surface area contributed by atoms with E-state index in [4.69, 9.17) is 9.52 Å². The number of oxazole rings is 1. The largest absolute Gasteiger partial charge is 0.481 e. The second-order valence-electron chi connectivity index (χ2n) is 5.81. The predicted octanol–water partition coefficient (Wildman–Crippen LogP) is 4.23. The maximum Gasteiger partial charge on any atom is 0.307 e. The van der Waals surface area contributed by atoms with Gasteiger partial charge in [-0.2, -0.15) is 0 Å². The minimum absolute atomic E-state index is 0.171. The number of allylic oxidation sites excluding steroid dienone is 1. The normalized spacial score (nSPS) is 20.2. The molecule has 1 fully saturated rings. The standard InChI is InChI=1S/C19H15NO3/c21-19(22)15-11-14(15)10-7-12-5-8-13(9-6-12)18-20-16-3-1-2-4-17(16)23-18/h1-10,14-15H,11H2,(H,21,22)/b10-7+/t14-,15+/m0/s1. The van der Waals surface area contributed by atoms with Gasteiger partial charge in [0.25, 0.3) is 0 Å². The van der Waals surface area contributed by atoms with Crippen LogP contribution in [0.5, 0.6) is 0 Å². The Labute approximate surface area is 133 Å². The number of rotatable bonds is 4. The Balaban J connectivity index is 1.51. The number of hydrogen-bond acceptors (Lipinski definition) is 3. The van der Waals surface area contributed by atoms with Crippen molar-refractivity contribution < 1.29 is 14.3 Å². The molecular weight excluding hydrogens is 290 g/mol. The lowest BCUT2D eigenvalue weighted by molar-refractivity contribution is -0.138. The first-order chi connectivity index (χ1) is 11.2. The second-order valence-corrected chi connectivity index (χ2v) is 5.81. The van der Waals surface area contributed by atoms with E-state index >= 15 is 0 Å². The number of carbonyl (C=O) groups is 1. The molecule has 4 heteroatoms. The van der Waals surface area contributed by atoms with E-state index in [2.05, 4.69) is 4.98 Å². The van der Waals surface area contributed by atoms with Crippen LogP contribution < -0.4 is 0 Å². The Hall–Kier alpha value is -2.88. The third-order valence-electron chi connectivity index (χ3n) is 4.14. The number of hydrogen-bond donors (Lipinski definition) is 1. The third-order valence-corrected chi connectivity index (χ3v) is 4.14. The monoisotopic (exact) mass is 305 g/mol. The number of carboxylic acids is 1. The summed E-state index contributed by atoms with van der Waals surface area (Å²) in [7, 11) is 0. The molecule has 1 aliphatic rings. The number of carboxylic acid groups (broad SMARTS) is 1. The van der Waals surface area contributed by atoms with Crippen LogP contribution in [0.3, 0.4) is 0 Å². The van der Waals surface area contributed by atoms with E-state index in [1.807, 2.05) is 60.7 Å². The van der Waals surface area contributed by atoms with Crippen molar-refractivity contribution in [3.05, 3.63) is 60.2 Å². The number of para-hydroxylation sites is 2. The van der Waals surface area contributed by atoms with E-state index in [-0.39, 0.29) is 11.8 Å². The fraction of sp³-hybridized carbons (Fsp3) is 0.158. The molecule has 1 heterocycles. The molecular formula is C19H15NO3. The molecule has 1 aromatic heterocycles. The topological polar surface area (TPSA) is 63.3 Å². The van der Waals surface area contributed by atoms with Gasteiger partial charge in [0.1, 0.15) is 5.52 Å². The summed E-state index contributed by atoms with van der Waals surface area (Å²) in [6.07, 6.45) is 4.70. The molecule has 23 heavy (non-hydrogen) atoms. The zero-order valence-electron chi connectivity index (χ0n) is 12.3. The second kappa shape index (κ2) is 5.39. The summed E-state index contributed by atoms with van der Waals surface area (Å²) in [4.78, 5) is 15.3. The summed E-state index contributed by atoms with van der Waals surface area (Å²) in [5.41, 5.74) is 3.59. The van der Waals surface area contributed by atoms with E-state index in [0.717, 1.165) is 28.6 Å². The lowest BCUT2D eigenvalue weighted by Gasteiger charge is -1.97. The average Bonchev–Trinajstić information content (AvgIpc) is 3.23. The van der Waals surface area contributed by atoms with Gasteiger partial charge in [-0.3, -0.25) is 4.79 Å². The Bertz CT molecular complexity index is 859. The molecule has 0 aliphatic heterocycles. The number of fused-ring (bicyclic) bond motifs is 1. The summed E-state index contributed by atoms with van der Waals surface area (Å²) in [6.45, 7) is 0. The van der Waals surface area contributed by atoms with Gasteiger partial charge in [0.2, 0.25) is 5.89 Å². The molecule has 0 saturated heterocycles. The lowest BCUT2D eigenvalue weighted by atomic mass is 10.1. The van der Waals surface area contributed by atoms with Crippen molar-refractivity contribution in [2.45, 2.75) is 6.42 Å². The molecule has 0 radical (unpaired) electrons. The summed E-state index contributed by atoms with van der Waals surface area (Å²) in [5, 5.41) is 8.89. The van der Waals surface area contributed by atoms with Crippen molar-refractivity contribution >= 4 is 23.1 Å². The molecule has 0 unspecified atom stereocenters. The van der Waals surface area contributed by atoms with Crippen molar-refractivity contribution in [1.29, 1.82) is 0 Å². The molecule has 1 saturated carbocycles. The van der Waals surface area contributed by atoms with Crippen LogP contribution in [0.15, 0.2) is 59.0 Å². The van der Waals surface area contributed by atoms with Gasteiger partial charge in [-0.15, -0.1) is 0 Å². The van der Waals surface area contributed by atoms with Crippen LogP contribution in [0.25, 0.3) is 28.6 Å². The van der Waals surface area contributed by atoms with Gasteiger partial charge in [-0.05, 0) is 42.2 Å². The smallest absolute Gasteiger partial charge is 0.307 e. The summed E-state index contributed by atoms with van der Waals surface area (Å²) in [6, 6.07) is 15.6. The van der Waals surface area contributed by atoms with E-state index in [1.54, 1.807) is 0 Å². The van der Waals surface area contributed by atoms with Crippen molar-refractivity contribution in [1.82, 2.24) is 4.98 Å². The minimum Gasteiger partial charge on any atom is -0.481 e. The first-order valence-corrected chi connectivity index (χ1v) is 7.58. The van der Waals surface area contributed by atoms with Gasteiger partial charge in [-0.25, -0.2) is 4.98 Å². The minimum atomic E-state index is -0.703. The van der Waals surface area contributed by atoms with E-state index in [9.17, 15) is 4.79 Å². The highest BCUT2D eigenvalue weighted by Gasteiger charge is 2.40. The van der Waals surface area contributed by atoms with E-state index in [0.29, 0.717) is 5.89 Å². The highest BCUT2D eigenvalue weighted by Crippen LogP contribution is 2.40. The molecule has 0 amide bonds. The van der Waals surface area contributed by atoms with Gasteiger partial charge >= 0.3 is 5.97 Å². The van der Waals surface area contributed by atoms with Gasteiger partial charge in [0.15, 0.2) is 5.58 Å². The quantitative estimate of drug-likeness (QED) is 0.783. The molecule has 4 rings (SSSR count). The fourth-order valence-corrected chi connectivity index (χ4v) is 2.68. The fourth-order valence-electron chi connectivity index (χ4n) is 2.68. The van der Waals surface area contributed by atoms with Crippen LogP contribution in [0.1, 0.15) is 12.0 Å². The number of aromatic nitrogens is 1. The van der Waals surface area contributed by atoms with Crippen molar-refractivity contribution in [2.75, 3.05) is 0 Å². The molecule has 4 nitrogen and oxygen atoms in total. The lowest BCUT2D eigenvalue weighted by Crippen LogP contribution is -1.97. The summed E-state index contributed by atoms with van der Waals surface area (Å²) >= 11 is 0.